The molecule has 0 aromatic carbocycles. The van der Waals surface area contributed by atoms with Crippen molar-refractivity contribution >= 4 is 0 Å². The van der Waals surface area contributed by atoms with Crippen molar-refractivity contribution in [1.82, 2.24) is 0 Å². The van der Waals surface area contributed by atoms with E-state index in [1.165, 1.54) is 0 Å². The van der Waals surface area contributed by atoms with Gasteiger partial charge in [0, 0.05) is 5.54 Å². The molecule has 2 N–H and O–H groups in total. The summed E-state index contributed by atoms with van der Waals surface area (Å²) >= 11 is 0. The molecule has 15 heavy (non-hydrogen) atoms. The molecular formula is C12H19N3. The Balaban J connectivity index is 2.97. The number of rotatable bonds is 2. The minimum Gasteiger partial charge on any atom is -0.325 e. The number of hydrogen-bond acceptors (Lipinski definition) is 3. The van der Waals surface area contributed by atoms with Crippen molar-refractivity contribution in [1.29, 1.82) is 10.5 Å². The first-order chi connectivity index (χ1) is 7.12. The van der Waals surface area contributed by atoms with Gasteiger partial charge in [0.15, 0.2) is 0 Å². The van der Waals surface area contributed by atoms with E-state index in [9.17, 15) is 0 Å². The average molecular weight is 205 g/mol. The minimum atomic E-state index is -0.234. The predicted molar refractivity (Wildman–Crippen MR) is 58.4 cm³/mol. The molecule has 1 rings (SSSR count). The Labute approximate surface area is 91.9 Å². The Morgan fingerprint density at radius 3 is 2.40 bits per heavy atom. The third-order valence-corrected chi connectivity index (χ3v) is 3.94. The Bertz CT molecular complexity index is 299. The lowest BCUT2D eigenvalue weighted by molar-refractivity contribution is 0.112. The van der Waals surface area contributed by atoms with E-state index in [-0.39, 0.29) is 23.3 Å². The van der Waals surface area contributed by atoms with E-state index in [0.29, 0.717) is 0 Å². The van der Waals surface area contributed by atoms with Gasteiger partial charge in [-0.15, -0.1) is 0 Å². The van der Waals surface area contributed by atoms with E-state index in [1.807, 2.05) is 0 Å². The van der Waals surface area contributed by atoms with Crippen LogP contribution in [0.4, 0.5) is 0 Å². The number of hydrogen-bond donors (Lipinski definition) is 1. The summed E-state index contributed by atoms with van der Waals surface area (Å²) in [5, 5.41) is 18.2. The molecule has 0 heterocycles. The molecule has 0 saturated heterocycles. The molecule has 0 amide bonds. The maximum atomic E-state index is 9.17. The second kappa shape index (κ2) is 4.64. The molecule has 0 aromatic heterocycles. The monoisotopic (exact) mass is 205 g/mol. The highest BCUT2D eigenvalue weighted by molar-refractivity contribution is 5.10. The minimum absolute atomic E-state index is 0.122. The molecule has 0 aromatic rings. The molecule has 0 bridgehead atoms. The van der Waals surface area contributed by atoms with Gasteiger partial charge in [0.25, 0.3) is 0 Å². The lowest BCUT2D eigenvalue weighted by Crippen LogP contribution is -2.53. The molecule has 3 nitrogen and oxygen atoms in total. The van der Waals surface area contributed by atoms with Crippen LogP contribution >= 0.6 is 0 Å². The molecule has 1 aliphatic rings. The normalized spacial score (nSPS) is 40.5. The molecule has 4 unspecified atom stereocenters. The summed E-state index contributed by atoms with van der Waals surface area (Å²) in [7, 11) is 0. The second-order valence-electron chi connectivity index (χ2n) is 4.53. The van der Waals surface area contributed by atoms with Crippen LogP contribution in [-0.2, 0) is 0 Å². The molecule has 0 aliphatic heterocycles. The molecular weight excluding hydrogens is 186 g/mol. The van der Waals surface area contributed by atoms with Crippen molar-refractivity contribution in [2.24, 2.45) is 23.5 Å². The Morgan fingerprint density at radius 1 is 1.33 bits per heavy atom. The Kier molecular flexibility index (Phi) is 3.72. The van der Waals surface area contributed by atoms with Crippen LogP contribution in [0.5, 0.6) is 0 Å². The molecule has 0 spiro atoms. The van der Waals surface area contributed by atoms with Gasteiger partial charge < -0.3 is 5.73 Å². The van der Waals surface area contributed by atoms with E-state index >= 15 is 0 Å². The summed E-state index contributed by atoms with van der Waals surface area (Å²) in [4.78, 5) is 0. The van der Waals surface area contributed by atoms with Crippen molar-refractivity contribution in [2.75, 3.05) is 0 Å². The van der Waals surface area contributed by atoms with Crippen molar-refractivity contribution in [3.05, 3.63) is 0 Å². The Morgan fingerprint density at radius 2 is 2.00 bits per heavy atom. The lowest BCUT2D eigenvalue weighted by atomic mass is 9.62. The highest BCUT2D eigenvalue weighted by Gasteiger charge is 2.45. The molecule has 0 radical (unpaired) electrons. The fourth-order valence-electron chi connectivity index (χ4n) is 2.85. The van der Waals surface area contributed by atoms with Crippen LogP contribution in [0.2, 0.25) is 0 Å². The van der Waals surface area contributed by atoms with Gasteiger partial charge in [0.1, 0.15) is 0 Å². The fourth-order valence-corrected chi connectivity index (χ4v) is 2.85. The summed E-state index contributed by atoms with van der Waals surface area (Å²) in [5.41, 5.74) is 6.10. The number of nitriles is 2. The van der Waals surface area contributed by atoms with Crippen LogP contribution in [0, 0.1) is 40.4 Å². The topological polar surface area (TPSA) is 73.6 Å². The maximum Gasteiger partial charge on any atom is 0.0673 e. The smallest absolute Gasteiger partial charge is 0.0673 e. The van der Waals surface area contributed by atoms with Gasteiger partial charge in [-0.3, -0.25) is 0 Å². The van der Waals surface area contributed by atoms with Crippen LogP contribution in [-0.4, -0.2) is 5.54 Å². The molecule has 4 atom stereocenters. The quantitative estimate of drug-likeness (QED) is 0.751. The van der Waals surface area contributed by atoms with Crippen molar-refractivity contribution in [3.63, 3.8) is 0 Å². The standard InChI is InChI=1S/C12H19N3/c1-3-11-10(8-14)9(7-13)5-6-12(11,15)4-2/h9-11H,3-6,15H2,1-2H3. The molecule has 1 saturated carbocycles. The summed E-state index contributed by atoms with van der Waals surface area (Å²) in [5.74, 6) is -0.132. The summed E-state index contributed by atoms with van der Waals surface area (Å²) in [6, 6.07) is 4.55. The largest absolute Gasteiger partial charge is 0.325 e. The first-order valence-electron chi connectivity index (χ1n) is 5.71. The van der Waals surface area contributed by atoms with Crippen molar-refractivity contribution in [2.45, 2.75) is 45.1 Å². The first kappa shape index (κ1) is 12.0. The van der Waals surface area contributed by atoms with Crippen LogP contribution in [0.1, 0.15) is 39.5 Å². The molecule has 1 fully saturated rings. The summed E-state index contributed by atoms with van der Waals surface area (Å²) in [6.07, 6.45) is 3.43. The van der Waals surface area contributed by atoms with E-state index in [0.717, 1.165) is 25.7 Å². The highest BCUT2D eigenvalue weighted by atomic mass is 14.8. The number of nitrogens with two attached hydrogens (primary N) is 1. The van der Waals surface area contributed by atoms with E-state index in [1.54, 1.807) is 0 Å². The predicted octanol–water partition coefficient (Wildman–Crippen LogP) is 2.19. The van der Waals surface area contributed by atoms with Crippen LogP contribution < -0.4 is 5.73 Å². The van der Waals surface area contributed by atoms with Gasteiger partial charge in [-0.25, -0.2) is 0 Å². The van der Waals surface area contributed by atoms with Crippen LogP contribution in [0.3, 0.4) is 0 Å². The third kappa shape index (κ3) is 1.98. The summed E-state index contributed by atoms with van der Waals surface area (Å²) < 4.78 is 0. The highest BCUT2D eigenvalue weighted by Crippen LogP contribution is 2.42. The van der Waals surface area contributed by atoms with Crippen LogP contribution in [0.25, 0.3) is 0 Å². The lowest BCUT2D eigenvalue weighted by Gasteiger charge is -2.44. The van der Waals surface area contributed by atoms with Crippen LogP contribution in [0.15, 0.2) is 0 Å². The molecule has 3 heteroatoms. The summed E-state index contributed by atoms with van der Waals surface area (Å²) in [6.45, 7) is 4.13. The van der Waals surface area contributed by atoms with Gasteiger partial charge in [0.05, 0.1) is 24.0 Å². The van der Waals surface area contributed by atoms with E-state index in [4.69, 9.17) is 16.3 Å². The zero-order chi connectivity index (χ0) is 11.5. The number of nitrogens with zero attached hydrogens (tertiary/aromatic N) is 2. The molecule has 1 aliphatic carbocycles. The van der Waals surface area contributed by atoms with Gasteiger partial charge in [-0.2, -0.15) is 10.5 Å². The van der Waals surface area contributed by atoms with Gasteiger partial charge in [0.2, 0.25) is 0 Å². The van der Waals surface area contributed by atoms with Crippen molar-refractivity contribution < 1.29 is 0 Å². The van der Waals surface area contributed by atoms with Crippen molar-refractivity contribution in [3.8, 4) is 12.1 Å². The average Bonchev–Trinajstić information content (AvgIpc) is 2.28. The van der Waals surface area contributed by atoms with E-state index in [2.05, 4.69) is 26.0 Å². The first-order valence-corrected chi connectivity index (χ1v) is 5.71. The maximum absolute atomic E-state index is 9.17. The fraction of sp³-hybridized carbons (Fsp3) is 0.833. The zero-order valence-corrected chi connectivity index (χ0v) is 9.53. The third-order valence-electron chi connectivity index (χ3n) is 3.94. The van der Waals surface area contributed by atoms with Gasteiger partial charge in [-0.1, -0.05) is 20.3 Å². The Hall–Kier alpha value is -1.06. The van der Waals surface area contributed by atoms with Gasteiger partial charge >= 0.3 is 0 Å². The zero-order valence-electron chi connectivity index (χ0n) is 9.53. The van der Waals surface area contributed by atoms with E-state index < -0.39 is 0 Å². The SMILES string of the molecule is CCC1C(C#N)C(C#N)CCC1(N)CC. The molecule has 82 valence electrons. The second-order valence-corrected chi connectivity index (χ2v) is 4.53. The van der Waals surface area contributed by atoms with Gasteiger partial charge in [-0.05, 0) is 25.2 Å².